The first-order valence-corrected chi connectivity index (χ1v) is 5.52. The van der Waals surface area contributed by atoms with Crippen LogP contribution in [-0.4, -0.2) is 24.0 Å². The van der Waals surface area contributed by atoms with Crippen LogP contribution >= 0.6 is 0 Å². The van der Waals surface area contributed by atoms with Crippen molar-refractivity contribution in [3.8, 4) is 6.07 Å². The van der Waals surface area contributed by atoms with Crippen molar-refractivity contribution in [2.24, 2.45) is 0 Å². The molecule has 1 aromatic heterocycles. The van der Waals surface area contributed by atoms with E-state index >= 15 is 0 Å². The molecule has 0 aliphatic carbocycles. The number of nitriles is 1. The van der Waals surface area contributed by atoms with Crippen LogP contribution in [0.5, 0.6) is 0 Å². The molecule has 0 fully saturated rings. The molecule has 1 atom stereocenters. The minimum absolute atomic E-state index is 0.0258. The van der Waals surface area contributed by atoms with E-state index in [2.05, 4.69) is 15.6 Å². The SMILES string of the molecule is CC(NCC(=O)NCCC#N)c1ccccn1. The maximum Gasteiger partial charge on any atom is 0.234 e. The van der Waals surface area contributed by atoms with Crippen LogP contribution in [0.25, 0.3) is 0 Å². The lowest BCUT2D eigenvalue weighted by molar-refractivity contribution is -0.120. The minimum atomic E-state index is -0.108. The highest BCUT2D eigenvalue weighted by Gasteiger charge is 2.07. The maximum absolute atomic E-state index is 11.4. The number of carbonyl (C=O) groups is 1. The third-order valence-electron chi connectivity index (χ3n) is 2.26. The summed E-state index contributed by atoms with van der Waals surface area (Å²) in [5.41, 5.74) is 0.900. The Morgan fingerprint density at radius 2 is 2.41 bits per heavy atom. The van der Waals surface area contributed by atoms with Crippen LogP contribution < -0.4 is 10.6 Å². The summed E-state index contributed by atoms with van der Waals surface area (Å²) in [5.74, 6) is -0.108. The second-order valence-corrected chi connectivity index (χ2v) is 3.62. The quantitative estimate of drug-likeness (QED) is 0.710. The van der Waals surface area contributed by atoms with Gasteiger partial charge in [0, 0.05) is 18.8 Å². The van der Waals surface area contributed by atoms with E-state index in [0.717, 1.165) is 5.69 Å². The number of nitrogens with one attached hydrogen (secondary N) is 2. The van der Waals surface area contributed by atoms with E-state index in [4.69, 9.17) is 5.26 Å². The molecule has 1 unspecified atom stereocenters. The molecule has 0 radical (unpaired) electrons. The number of hydrogen-bond acceptors (Lipinski definition) is 4. The zero-order valence-electron chi connectivity index (χ0n) is 9.81. The van der Waals surface area contributed by atoms with Gasteiger partial charge in [0.1, 0.15) is 0 Å². The molecular weight excluding hydrogens is 216 g/mol. The molecule has 0 saturated carbocycles. The highest BCUT2D eigenvalue weighted by atomic mass is 16.1. The average molecular weight is 232 g/mol. The Bertz CT molecular complexity index is 385. The van der Waals surface area contributed by atoms with Crippen LogP contribution in [0.1, 0.15) is 25.1 Å². The lowest BCUT2D eigenvalue weighted by atomic mass is 10.2. The summed E-state index contributed by atoms with van der Waals surface area (Å²) in [7, 11) is 0. The van der Waals surface area contributed by atoms with E-state index < -0.39 is 0 Å². The Kier molecular flexibility index (Phi) is 5.69. The fraction of sp³-hybridized carbons (Fsp3) is 0.417. The summed E-state index contributed by atoms with van der Waals surface area (Å²) < 4.78 is 0. The topological polar surface area (TPSA) is 77.8 Å². The predicted octanol–water partition coefficient (Wildman–Crippen LogP) is 0.762. The van der Waals surface area contributed by atoms with Gasteiger partial charge in [-0.3, -0.25) is 9.78 Å². The smallest absolute Gasteiger partial charge is 0.234 e. The zero-order chi connectivity index (χ0) is 12.5. The van der Waals surface area contributed by atoms with Gasteiger partial charge in [-0.05, 0) is 19.1 Å². The Morgan fingerprint density at radius 3 is 3.06 bits per heavy atom. The Labute approximate surface area is 101 Å². The fourth-order valence-corrected chi connectivity index (χ4v) is 1.30. The summed E-state index contributed by atoms with van der Waals surface area (Å²) in [5, 5.41) is 14.0. The molecule has 0 aromatic carbocycles. The normalized spacial score (nSPS) is 11.5. The van der Waals surface area contributed by atoms with E-state index in [9.17, 15) is 4.79 Å². The molecule has 0 spiro atoms. The van der Waals surface area contributed by atoms with Crippen LogP contribution in [0.15, 0.2) is 24.4 Å². The molecule has 0 aliphatic heterocycles. The summed E-state index contributed by atoms with van der Waals surface area (Å²) >= 11 is 0. The van der Waals surface area contributed by atoms with E-state index in [0.29, 0.717) is 13.0 Å². The van der Waals surface area contributed by atoms with Crippen molar-refractivity contribution in [2.75, 3.05) is 13.1 Å². The standard InChI is InChI=1S/C12H16N4O/c1-10(11-5-2-3-7-14-11)16-9-12(17)15-8-4-6-13/h2-3,5,7,10,16H,4,8-9H2,1H3,(H,15,17). The molecule has 5 nitrogen and oxygen atoms in total. The fourth-order valence-electron chi connectivity index (χ4n) is 1.30. The van der Waals surface area contributed by atoms with Crippen molar-refractivity contribution in [3.05, 3.63) is 30.1 Å². The molecule has 0 saturated heterocycles. The molecule has 1 aromatic rings. The van der Waals surface area contributed by atoms with Crippen molar-refractivity contribution in [1.29, 1.82) is 5.26 Å². The van der Waals surface area contributed by atoms with Crippen molar-refractivity contribution in [3.63, 3.8) is 0 Å². The van der Waals surface area contributed by atoms with E-state index in [-0.39, 0.29) is 18.5 Å². The van der Waals surface area contributed by atoms with Gasteiger partial charge in [-0.2, -0.15) is 5.26 Å². The Balaban J connectivity index is 2.27. The number of aromatic nitrogens is 1. The lowest BCUT2D eigenvalue weighted by Crippen LogP contribution is -2.35. The molecule has 1 amide bonds. The number of hydrogen-bond donors (Lipinski definition) is 2. The van der Waals surface area contributed by atoms with Crippen molar-refractivity contribution < 1.29 is 4.79 Å². The van der Waals surface area contributed by atoms with Gasteiger partial charge in [0.2, 0.25) is 5.91 Å². The molecule has 2 N–H and O–H groups in total. The molecule has 1 rings (SSSR count). The largest absolute Gasteiger partial charge is 0.354 e. The number of rotatable bonds is 6. The number of carbonyl (C=O) groups excluding carboxylic acids is 1. The number of pyridine rings is 1. The van der Waals surface area contributed by atoms with Gasteiger partial charge in [0.25, 0.3) is 0 Å². The van der Waals surface area contributed by atoms with Gasteiger partial charge in [-0.1, -0.05) is 6.07 Å². The van der Waals surface area contributed by atoms with Crippen molar-refractivity contribution in [2.45, 2.75) is 19.4 Å². The van der Waals surface area contributed by atoms with Gasteiger partial charge < -0.3 is 10.6 Å². The van der Waals surface area contributed by atoms with Crippen LogP contribution in [0.4, 0.5) is 0 Å². The van der Waals surface area contributed by atoms with Crippen molar-refractivity contribution >= 4 is 5.91 Å². The van der Waals surface area contributed by atoms with E-state index in [1.807, 2.05) is 31.2 Å². The van der Waals surface area contributed by atoms with Crippen molar-refractivity contribution in [1.82, 2.24) is 15.6 Å². The minimum Gasteiger partial charge on any atom is -0.354 e. The number of nitrogens with zero attached hydrogens (tertiary/aromatic N) is 2. The Morgan fingerprint density at radius 1 is 1.59 bits per heavy atom. The van der Waals surface area contributed by atoms with Crippen LogP contribution in [0.3, 0.4) is 0 Å². The molecule has 0 bridgehead atoms. The summed E-state index contributed by atoms with van der Waals surface area (Å²) in [4.78, 5) is 15.5. The molecule has 5 heteroatoms. The van der Waals surface area contributed by atoms with Crippen LogP contribution in [-0.2, 0) is 4.79 Å². The molecule has 0 aliphatic rings. The molecule has 90 valence electrons. The van der Waals surface area contributed by atoms with Gasteiger partial charge in [0.05, 0.1) is 24.7 Å². The molecule has 17 heavy (non-hydrogen) atoms. The van der Waals surface area contributed by atoms with E-state index in [1.54, 1.807) is 6.20 Å². The summed E-state index contributed by atoms with van der Waals surface area (Å²) in [6.45, 7) is 2.57. The van der Waals surface area contributed by atoms with Gasteiger partial charge >= 0.3 is 0 Å². The average Bonchev–Trinajstić information content (AvgIpc) is 2.37. The second kappa shape index (κ2) is 7.36. The first-order chi connectivity index (χ1) is 8.24. The van der Waals surface area contributed by atoms with E-state index in [1.165, 1.54) is 0 Å². The third kappa shape index (κ3) is 5.09. The number of amides is 1. The summed E-state index contributed by atoms with van der Waals surface area (Å²) in [6.07, 6.45) is 2.06. The Hall–Kier alpha value is -1.93. The lowest BCUT2D eigenvalue weighted by Gasteiger charge is -2.12. The maximum atomic E-state index is 11.4. The molecular formula is C12H16N4O. The highest BCUT2D eigenvalue weighted by molar-refractivity contribution is 5.78. The summed E-state index contributed by atoms with van der Waals surface area (Å²) in [6, 6.07) is 7.66. The zero-order valence-corrected chi connectivity index (χ0v) is 9.81. The first-order valence-electron chi connectivity index (χ1n) is 5.52. The highest BCUT2D eigenvalue weighted by Crippen LogP contribution is 2.06. The first kappa shape index (κ1) is 13.1. The van der Waals surface area contributed by atoms with Crippen LogP contribution in [0.2, 0.25) is 0 Å². The molecule has 1 heterocycles. The predicted molar refractivity (Wildman–Crippen MR) is 63.9 cm³/mol. The second-order valence-electron chi connectivity index (χ2n) is 3.62. The monoisotopic (exact) mass is 232 g/mol. The van der Waals surface area contributed by atoms with Gasteiger partial charge in [0.15, 0.2) is 0 Å². The van der Waals surface area contributed by atoms with Crippen LogP contribution in [0, 0.1) is 11.3 Å². The third-order valence-corrected chi connectivity index (χ3v) is 2.26. The van der Waals surface area contributed by atoms with Gasteiger partial charge in [-0.25, -0.2) is 0 Å². The van der Waals surface area contributed by atoms with Gasteiger partial charge in [-0.15, -0.1) is 0 Å².